The molecule has 4 rings (SSSR count). The Labute approximate surface area is 237 Å². The monoisotopic (exact) mass is 572 g/mol. The summed E-state index contributed by atoms with van der Waals surface area (Å²) in [6.07, 6.45) is 0.693. The van der Waals surface area contributed by atoms with E-state index in [-0.39, 0.29) is 5.91 Å². The van der Waals surface area contributed by atoms with Crippen molar-refractivity contribution in [2.75, 3.05) is 31.6 Å². The second kappa shape index (κ2) is 13.6. The molecule has 0 radical (unpaired) electrons. The number of ether oxygens (including phenoxy) is 1. The molecule has 12 nitrogen and oxygen atoms in total. The highest BCUT2D eigenvalue weighted by Gasteiger charge is 2.41. The summed E-state index contributed by atoms with van der Waals surface area (Å²) in [5.41, 5.74) is -0.453. The number of hydrogen-bond acceptors (Lipinski definition) is 8. The molecule has 222 valence electrons. The van der Waals surface area contributed by atoms with Crippen molar-refractivity contribution in [3.05, 3.63) is 59.7 Å². The van der Waals surface area contributed by atoms with Crippen molar-refractivity contribution in [1.82, 2.24) is 4.90 Å². The minimum atomic E-state index is -2.74. The van der Waals surface area contributed by atoms with Crippen molar-refractivity contribution in [3.8, 4) is 5.75 Å². The Hall–Kier alpha value is -4.00. The number of hydrogen-bond donors (Lipinski definition) is 5. The van der Waals surface area contributed by atoms with Crippen LogP contribution in [0.3, 0.4) is 0 Å². The van der Waals surface area contributed by atoms with Gasteiger partial charge in [-0.3, -0.25) is 19.3 Å². The summed E-state index contributed by atoms with van der Waals surface area (Å²) < 4.78 is 5.45. The fourth-order valence-electron chi connectivity index (χ4n) is 5.05. The fraction of sp³-hybridized carbons (Fsp3) is 0.448. The third kappa shape index (κ3) is 8.26. The predicted molar refractivity (Wildman–Crippen MR) is 147 cm³/mol. The van der Waals surface area contributed by atoms with Gasteiger partial charge in [0.1, 0.15) is 5.75 Å². The Balaban J connectivity index is 0.000000302. The van der Waals surface area contributed by atoms with Gasteiger partial charge >= 0.3 is 17.9 Å². The molecule has 0 atom stereocenters. The maximum Gasteiger partial charge on any atom is 0.336 e. The van der Waals surface area contributed by atoms with Gasteiger partial charge in [0, 0.05) is 43.9 Å². The highest BCUT2D eigenvalue weighted by atomic mass is 16.5. The number of piperidine rings is 1. The van der Waals surface area contributed by atoms with Gasteiger partial charge < -0.3 is 35.2 Å². The van der Waals surface area contributed by atoms with E-state index in [1.807, 2.05) is 41.3 Å². The second-order valence-corrected chi connectivity index (χ2v) is 10.3. The van der Waals surface area contributed by atoms with Crippen LogP contribution in [0.25, 0.3) is 0 Å². The second-order valence-electron chi connectivity index (χ2n) is 10.3. The largest absolute Gasteiger partial charge is 0.496 e. The lowest BCUT2D eigenvalue weighted by Crippen LogP contribution is -2.42. The number of aliphatic hydroxyl groups is 2. The zero-order valence-electron chi connectivity index (χ0n) is 22.9. The van der Waals surface area contributed by atoms with Crippen LogP contribution in [-0.2, 0) is 31.3 Å². The first-order valence-corrected chi connectivity index (χ1v) is 13.2. The number of methoxy groups -OCH3 is 1. The molecule has 2 aromatic carbocycles. The fourth-order valence-corrected chi connectivity index (χ4v) is 5.05. The number of rotatable bonds is 10. The Bertz CT molecular complexity index is 1220. The van der Waals surface area contributed by atoms with Crippen LogP contribution in [0.5, 0.6) is 5.75 Å². The third-order valence-corrected chi connectivity index (χ3v) is 7.30. The Morgan fingerprint density at radius 2 is 1.51 bits per heavy atom. The minimum Gasteiger partial charge on any atom is -0.496 e. The number of carbonyl (C=O) groups excluding carboxylic acids is 1. The van der Waals surface area contributed by atoms with Crippen molar-refractivity contribution in [2.24, 2.45) is 0 Å². The van der Waals surface area contributed by atoms with Crippen LogP contribution in [-0.4, -0.2) is 86.6 Å². The molecule has 5 N–H and O–H groups in total. The number of carboxylic acid groups (broad SMARTS) is 3. The zero-order valence-corrected chi connectivity index (χ0v) is 22.9. The summed E-state index contributed by atoms with van der Waals surface area (Å²) in [5.74, 6) is -4.04. The number of aliphatic carboxylic acids is 3. The molecule has 2 aliphatic heterocycles. The summed E-state index contributed by atoms with van der Waals surface area (Å²) in [7, 11) is 1.65. The van der Waals surface area contributed by atoms with Gasteiger partial charge in [0.25, 0.3) is 0 Å². The number of para-hydroxylation sites is 1. The molecule has 2 aliphatic rings. The van der Waals surface area contributed by atoms with Gasteiger partial charge in [0.15, 0.2) is 5.60 Å². The molecule has 0 aliphatic carbocycles. The van der Waals surface area contributed by atoms with Gasteiger partial charge in [0.05, 0.1) is 25.6 Å². The molecule has 0 bridgehead atoms. The summed E-state index contributed by atoms with van der Waals surface area (Å²) in [6.45, 7) is 3.35. The normalized spacial score (nSPS) is 17.0. The quantitative estimate of drug-likeness (QED) is 0.281. The number of anilines is 1. The van der Waals surface area contributed by atoms with E-state index in [0.29, 0.717) is 19.3 Å². The van der Waals surface area contributed by atoms with Gasteiger partial charge in [-0.25, -0.2) is 4.79 Å². The number of carboxylic acids is 3. The van der Waals surface area contributed by atoms with Gasteiger partial charge in [-0.05, 0) is 43.0 Å². The minimum absolute atomic E-state index is 0.222. The third-order valence-electron chi connectivity index (χ3n) is 7.30. The molecule has 2 fully saturated rings. The summed E-state index contributed by atoms with van der Waals surface area (Å²) in [5, 5.41) is 45.0. The molecule has 1 amide bonds. The lowest BCUT2D eigenvalue weighted by Gasteiger charge is -2.39. The maximum atomic E-state index is 11.9. The van der Waals surface area contributed by atoms with Gasteiger partial charge in [-0.2, -0.15) is 0 Å². The molecule has 41 heavy (non-hydrogen) atoms. The van der Waals surface area contributed by atoms with Crippen LogP contribution in [0.2, 0.25) is 0 Å². The molecule has 2 saturated heterocycles. The van der Waals surface area contributed by atoms with E-state index in [4.69, 9.17) is 25.2 Å². The number of nitrogens with zero attached hydrogens (tertiary/aromatic N) is 2. The molecular weight excluding hydrogens is 536 g/mol. The van der Waals surface area contributed by atoms with Crippen LogP contribution in [0, 0.1) is 0 Å². The molecule has 0 spiro atoms. The smallest absolute Gasteiger partial charge is 0.336 e. The van der Waals surface area contributed by atoms with Crippen molar-refractivity contribution in [1.29, 1.82) is 0 Å². The summed E-state index contributed by atoms with van der Waals surface area (Å²) >= 11 is 0. The van der Waals surface area contributed by atoms with Gasteiger partial charge in [-0.15, -0.1) is 0 Å². The topological polar surface area (TPSA) is 185 Å². The molecule has 0 saturated carbocycles. The van der Waals surface area contributed by atoms with E-state index in [2.05, 4.69) is 17.0 Å². The Morgan fingerprint density at radius 3 is 2.00 bits per heavy atom. The van der Waals surface area contributed by atoms with Gasteiger partial charge in [0.2, 0.25) is 5.91 Å². The molecule has 0 unspecified atom stereocenters. The number of benzene rings is 2. The molecular formula is C29H36N2O10. The Kier molecular flexibility index (Phi) is 10.4. The first-order valence-electron chi connectivity index (χ1n) is 13.2. The maximum absolute atomic E-state index is 11.9. The van der Waals surface area contributed by atoms with E-state index in [1.54, 1.807) is 7.11 Å². The Morgan fingerprint density at radius 1 is 0.927 bits per heavy atom. The molecule has 2 heterocycles. The van der Waals surface area contributed by atoms with Crippen molar-refractivity contribution in [3.63, 3.8) is 0 Å². The first kappa shape index (κ1) is 31.5. The highest BCUT2D eigenvalue weighted by Crippen LogP contribution is 2.38. The van der Waals surface area contributed by atoms with Gasteiger partial charge in [-0.1, -0.05) is 30.3 Å². The van der Waals surface area contributed by atoms with Crippen molar-refractivity contribution >= 4 is 29.5 Å². The number of likely N-dealkylation sites (tertiary alicyclic amines) is 1. The number of carbonyl (C=O) groups is 4. The van der Waals surface area contributed by atoms with Crippen LogP contribution in [0.4, 0.5) is 5.69 Å². The average molecular weight is 573 g/mol. The van der Waals surface area contributed by atoms with E-state index in [1.165, 1.54) is 5.56 Å². The van der Waals surface area contributed by atoms with E-state index in [0.717, 1.165) is 49.6 Å². The highest BCUT2D eigenvalue weighted by molar-refractivity contribution is 5.95. The SMILES string of the molecule is COc1ccccc1C1(O)CCN(Cc2ccc(N3CCCC3=O)cc2)CC1.O=C(O)CC(O)(CC(=O)O)C(=O)O. The van der Waals surface area contributed by atoms with Crippen LogP contribution in [0.15, 0.2) is 48.5 Å². The van der Waals surface area contributed by atoms with Crippen molar-refractivity contribution < 1.29 is 49.4 Å². The van der Waals surface area contributed by atoms with Crippen molar-refractivity contribution in [2.45, 2.75) is 56.3 Å². The summed E-state index contributed by atoms with van der Waals surface area (Å²) in [6, 6.07) is 16.1. The van der Waals surface area contributed by atoms with E-state index < -0.39 is 42.0 Å². The standard InChI is InChI=1S/C23H28N2O3.C6H8O7/c1-28-21-6-3-2-5-20(21)23(27)12-15-24(16-13-23)17-18-8-10-19(11-9-18)25-14-4-7-22(25)26;7-3(8)1-6(13,5(11)12)2-4(9)10/h2-3,5-6,8-11,27H,4,7,12-17H2,1H3;13H,1-2H2,(H,7,8)(H,9,10)(H,11,12). The van der Waals surface area contributed by atoms with E-state index >= 15 is 0 Å². The van der Waals surface area contributed by atoms with E-state index in [9.17, 15) is 24.3 Å². The number of amides is 1. The predicted octanol–water partition coefficient (Wildman–Crippen LogP) is 2.06. The first-order chi connectivity index (χ1) is 19.4. The lowest BCUT2D eigenvalue weighted by atomic mass is 9.84. The molecule has 2 aromatic rings. The summed E-state index contributed by atoms with van der Waals surface area (Å²) in [4.78, 5) is 46.6. The molecule has 12 heteroatoms. The lowest BCUT2D eigenvalue weighted by molar-refractivity contribution is -0.170. The van der Waals surface area contributed by atoms with Crippen LogP contribution >= 0.6 is 0 Å². The average Bonchev–Trinajstić information content (AvgIpc) is 3.35. The van der Waals surface area contributed by atoms with Crippen LogP contribution < -0.4 is 9.64 Å². The molecule has 0 aromatic heterocycles. The van der Waals surface area contributed by atoms with Crippen LogP contribution in [0.1, 0.15) is 49.7 Å². The zero-order chi connectivity index (χ0) is 30.2.